The number of nitrogens with zero attached hydrogens (tertiary/aromatic N) is 3. The number of hydrogen-bond donors (Lipinski definition) is 0. The van der Waals surface area contributed by atoms with E-state index < -0.39 is 15.7 Å². The van der Waals surface area contributed by atoms with E-state index in [1.165, 1.54) is 10.6 Å². The van der Waals surface area contributed by atoms with Crippen molar-refractivity contribution >= 4 is 15.7 Å². The third-order valence-corrected chi connectivity index (χ3v) is 7.60. The monoisotopic (exact) mass is 427 g/mol. The Morgan fingerprint density at radius 2 is 1.80 bits per heavy atom. The molecule has 3 aliphatic heterocycles. The number of hydrogen-bond acceptors (Lipinski definition) is 6. The molecule has 1 spiro atoms. The molecule has 158 valence electrons. The zero-order chi connectivity index (χ0) is 20.9. The van der Waals surface area contributed by atoms with Gasteiger partial charge in [-0.05, 0) is 18.2 Å². The second-order valence-electron chi connectivity index (χ2n) is 8.06. The van der Waals surface area contributed by atoms with Gasteiger partial charge in [0.05, 0.1) is 25.1 Å². The van der Waals surface area contributed by atoms with Gasteiger partial charge in [0.2, 0.25) is 15.7 Å². The highest BCUT2D eigenvalue weighted by molar-refractivity contribution is 7.88. The highest BCUT2D eigenvalue weighted by atomic mass is 32.2. The summed E-state index contributed by atoms with van der Waals surface area (Å²) < 4.78 is 37.7. The van der Waals surface area contributed by atoms with Crippen LogP contribution in [0.5, 0.6) is 11.5 Å². The lowest BCUT2D eigenvalue weighted by atomic mass is 9.91. The largest absolute Gasteiger partial charge is 0.496 e. The summed E-state index contributed by atoms with van der Waals surface area (Å²) in [5.41, 5.74) is 2.41. The lowest BCUT2D eigenvalue weighted by Gasteiger charge is -2.50. The molecule has 0 saturated carbocycles. The van der Waals surface area contributed by atoms with Crippen LogP contribution in [-0.2, 0) is 10.0 Å². The van der Waals surface area contributed by atoms with Gasteiger partial charge in [0.1, 0.15) is 11.5 Å². The first-order chi connectivity index (χ1) is 14.4. The van der Waals surface area contributed by atoms with Gasteiger partial charge in [0.25, 0.3) is 0 Å². The summed E-state index contributed by atoms with van der Waals surface area (Å²) in [6.45, 7) is 0.841. The van der Waals surface area contributed by atoms with Crippen LogP contribution in [0.2, 0.25) is 0 Å². The van der Waals surface area contributed by atoms with Crippen molar-refractivity contribution in [1.29, 1.82) is 0 Å². The molecule has 1 fully saturated rings. The fourth-order valence-electron chi connectivity index (χ4n) is 4.77. The van der Waals surface area contributed by atoms with Gasteiger partial charge < -0.3 is 9.47 Å². The van der Waals surface area contributed by atoms with E-state index in [1.807, 2.05) is 42.5 Å². The fourth-order valence-corrected chi connectivity index (χ4v) is 5.62. The number of ether oxygens (including phenoxy) is 2. The molecule has 0 unspecified atom stereocenters. The van der Waals surface area contributed by atoms with Crippen LogP contribution in [0.1, 0.15) is 36.4 Å². The van der Waals surface area contributed by atoms with Crippen molar-refractivity contribution < 1.29 is 17.9 Å². The summed E-state index contributed by atoms with van der Waals surface area (Å²) in [5, 5.41) is 7.11. The van der Waals surface area contributed by atoms with Gasteiger partial charge in [-0.15, -0.1) is 0 Å². The van der Waals surface area contributed by atoms with Gasteiger partial charge in [0, 0.05) is 43.5 Å². The highest BCUT2D eigenvalue weighted by Gasteiger charge is 2.52. The van der Waals surface area contributed by atoms with E-state index in [-0.39, 0.29) is 6.04 Å². The number of benzene rings is 2. The Bertz CT molecular complexity index is 1110. The van der Waals surface area contributed by atoms with Gasteiger partial charge in [-0.3, -0.25) is 0 Å². The first kappa shape index (κ1) is 19.4. The molecule has 3 heterocycles. The Hall–Kier alpha value is -2.58. The average molecular weight is 428 g/mol. The summed E-state index contributed by atoms with van der Waals surface area (Å²) in [7, 11) is -1.55. The topological polar surface area (TPSA) is 71.4 Å². The van der Waals surface area contributed by atoms with E-state index in [4.69, 9.17) is 14.6 Å². The number of sulfonamides is 1. The third-order valence-electron chi connectivity index (χ3n) is 6.30. The maximum Gasteiger partial charge on any atom is 0.211 e. The van der Waals surface area contributed by atoms with E-state index in [2.05, 4.69) is 11.1 Å². The molecule has 2 aromatic rings. The van der Waals surface area contributed by atoms with Crippen LogP contribution in [0, 0.1) is 0 Å². The molecule has 7 nitrogen and oxygen atoms in total. The van der Waals surface area contributed by atoms with Crippen LogP contribution in [0.25, 0.3) is 0 Å². The van der Waals surface area contributed by atoms with Crippen molar-refractivity contribution in [1.82, 2.24) is 9.31 Å². The Labute approximate surface area is 176 Å². The number of rotatable bonds is 3. The van der Waals surface area contributed by atoms with Crippen LogP contribution in [-0.4, -0.2) is 55.6 Å². The average Bonchev–Trinajstić information content (AvgIpc) is 3.20. The minimum atomic E-state index is -3.22. The van der Waals surface area contributed by atoms with Crippen molar-refractivity contribution in [2.45, 2.75) is 31.0 Å². The second kappa shape index (κ2) is 6.99. The van der Waals surface area contributed by atoms with Gasteiger partial charge in [-0.2, -0.15) is 5.10 Å². The van der Waals surface area contributed by atoms with Gasteiger partial charge in [0.15, 0.2) is 0 Å². The van der Waals surface area contributed by atoms with Crippen LogP contribution in [0.15, 0.2) is 53.6 Å². The summed E-state index contributed by atoms with van der Waals surface area (Å²) >= 11 is 0. The van der Waals surface area contributed by atoms with E-state index in [0.29, 0.717) is 25.9 Å². The Morgan fingerprint density at radius 1 is 1.10 bits per heavy atom. The molecule has 0 aliphatic carbocycles. The Kier molecular flexibility index (Phi) is 4.52. The van der Waals surface area contributed by atoms with E-state index >= 15 is 0 Å². The van der Waals surface area contributed by atoms with Crippen molar-refractivity contribution in [3.05, 3.63) is 59.7 Å². The zero-order valence-corrected chi connectivity index (χ0v) is 17.9. The molecule has 2 aromatic carbocycles. The molecular formula is C22H25N3O4S. The predicted octanol–water partition coefficient (Wildman–Crippen LogP) is 2.99. The standard InChI is InChI=1S/C22H25N3O4S/c1-28-20-9-5-3-7-16(20)18-15-19-17-8-4-6-10-21(17)29-22(25(19)23-18)11-13-24(14-12-22)30(2,26)27/h3-10,19H,11-15H2,1-2H3/t19-/m1/s1. The van der Waals surface area contributed by atoms with E-state index in [0.717, 1.165) is 34.8 Å². The van der Waals surface area contributed by atoms with Crippen LogP contribution in [0.3, 0.4) is 0 Å². The highest BCUT2D eigenvalue weighted by Crippen LogP contribution is 2.50. The molecule has 0 N–H and O–H groups in total. The van der Waals surface area contributed by atoms with Crippen molar-refractivity contribution in [2.24, 2.45) is 5.10 Å². The third kappa shape index (κ3) is 3.06. The molecule has 1 saturated heterocycles. The fraction of sp³-hybridized carbons (Fsp3) is 0.409. The minimum absolute atomic E-state index is 0.0552. The molecule has 0 radical (unpaired) electrons. The van der Waals surface area contributed by atoms with Gasteiger partial charge >= 0.3 is 0 Å². The molecule has 0 bridgehead atoms. The summed E-state index contributed by atoms with van der Waals surface area (Å²) in [6.07, 6.45) is 3.14. The molecule has 8 heteroatoms. The number of fused-ring (bicyclic) bond motifs is 4. The lowest BCUT2D eigenvalue weighted by molar-refractivity contribution is -0.143. The Balaban J connectivity index is 1.55. The van der Waals surface area contributed by atoms with E-state index in [9.17, 15) is 8.42 Å². The van der Waals surface area contributed by atoms with E-state index in [1.54, 1.807) is 7.11 Å². The normalized spacial score (nSPS) is 22.8. The number of piperidine rings is 1. The van der Waals surface area contributed by atoms with Crippen LogP contribution >= 0.6 is 0 Å². The molecule has 3 aliphatic rings. The van der Waals surface area contributed by atoms with Crippen molar-refractivity contribution in [3.63, 3.8) is 0 Å². The molecule has 0 amide bonds. The van der Waals surface area contributed by atoms with Crippen molar-refractivity contribution in [3.8, 4) is 11.5 Å². The predicted molar refractivity (Wildman–Crippen MR) is 114 cm³/mol. The molecular weight excluding hydrogens is 402 g/mol. The quantitative estimate of drug-likeness (QED) is 0.753. The minimum Gasteiger partial charge on any atom is -0.496 e. The van der Waals surface area contributed by atoms with Crippen LogP contribution < -0.4 is 9.47 Å². The Morgan fingerprint density at radius 3 is 2.53 bits per heavy atom. The first-order valence-corrected chi connectivity index (χ1v) is 12.0. The second-order valence-corrected chi connectivity index (χ2v) is 10.0. The summed E-state index contributed by atoms with van der Waals surface area (Å²) in [6, 6.07) is 16.1. The SMILES string of the molecule is COc1ccccc1C1=NN2[C@H](C1)c1ccccc1OC21CCN(S(C)(=O)=O)CC1. The zero-order valence-electron chi connectivity index (χ0n) is 17.1. The summed E-state index contributed by atoms with van der Waals surface area (Å²) in [5.74, 6) is 1.66. The molecule has 0 aromatic heterocycles. The van der Waals surface area contributed by atoms with Crippen molar-refractivity contribution in [2.75, 3.05) is 26.5 Å². The first-order valence-electron chi connectivity index (χ1n) is 10.1. The maximum absolute atomic E-state index is 12.0. The van der Waals surface area contributed by atoms with Gasteiger partial charge in [-0.1, -0.05) is 30.3 Å². The van der Waals surface area contributed by atoms with Crippen LogP contribution in [0.4, 0.5) is 0 Å². The lowest BCUT2D eigenvalue weighted by Crippen LogP contribution is -2.59. The number of hydrazone groups is 1. The summed E-state index contributed by atoms with van der Waals surface area (Å²) in [4.78, 5) is 0. The molecule has 30 heavy (non-hydrogen) atoms. The number of para-hydroxylation sites is 2. The molecule has 1 atom stereocenters. The smallest absolute Gasteiger partial charge is 0.211 e. The van der Waals surface area contributed by atoms with Gasteiger partial charge in [-0.25, -0.2) is 17.7 Å². The maximum atomic E-state index is 12.0. The number of methoxy groups -OCH3 is 1. The molecule has 5 rings (SSSR count).